The normalized spacial score (nSPS) is 13.3. The van der Waals surface area contributed by atoms with E-state index in [1.54, 1.807) is 0 Å². The van der Waals surface area contributed by atoms with Crippen molar-refractivity contribution in [3.63, 3.8) is 0 Å². The number of benzene rings is 9. The fraction of sp³-hybridized carbons (Fsp3) is 0.0588. The van der Waals surface area contributed by atoms with Crippen LogP contribution < -0.4 is 0 Å². The van der Waals surface area contributed by atoms with Crippen LogP contribution in [0.15, 0.2) is 174 Å². The molecule has 0 aliphatic heterocycles. The highest BCUT2D eigenvalue weighted by Gasteiger charge is 2.38. The molecule has 1 heterocycles. The molecule has 1 aliphatic rings. The van der Waals surface area contributed by atoms with Crippen LogP contribution in [0.3, 0.4) is 0 Å². The lowest BCUT2D eigenvalue weighted by Gasteiger charge is -2.26. The van der Waals surface area contributed by atoms with E-state index in [-0.39, 0.29) is 5.41 Å². The lowest BCUT2D eigenvalue weighted by Crippen LogP contribution is -2.16. The van der Waals surface area contributed by atoms with Crippen LogP contribution in [0.2, 0.25) is 0 Å². The van der Waals surface area contributed by atoms with Gasteiger partial charge in [0.25, 0.3) is 0 Å². The lowest BCUT2D eigenvalue weighted by atomic mass is 9.77. The number of para-hydroxylation sites is 2. The highest BCUT2D eigenvalue weighted by atomic mass is 16.3. The van der Waals surface area contributed by atoms with Crippen molar-refractivity contribution in [1.82, 2.24) is 0 Å². The summed E-state index contributed by atoms with van der Waals surface area (Å²) in [4.78, 5) is 0. The number of hydrogen-bond donors (Lipinski definition) is 0. The molecule has 1 nitrogen and oxygen atoms in total. The summed E-state index contributed by atoms with van der Waals surface area (Å²) >= 11 is 0. The Morgan fingerprint density at radius 3 is 1.67 bits per heavy atom. The van der Waals surface area contributed by atoms with Gasteiger partial charge in [0.1, 0.15) is 11.2 Å². The predicted octanol–water partition coefficient (Wildman–Crippen LogP) is 14.4. The summed E-state index contributed by atoms with van der Waals surface area (Å²) in [6, 6.07) is 62.3. The first kappa shape index (κ1) is 29.3. The molecular weight excluding hydrogens is 629 g/mol. The van der Waals surface area contributed by atoms with Gasteiger partial charge in [-0.25, -0.2) is 0 Å². The summed E-state index contributed by atoms with van der Waals surface area (Å²) < 4.78 is 6.62. The molecule has 1 aromatic heterocycles. The maximum absolute atomic E-state index is 6.62. The Hall–Kier alpha value is -6.44. The topological polar surface area (TPSA) is 13.1 Å². The van der Waals surface area contributed by atoms with E-state index in [2.05, 4.69) is 178 Å². The molecule has 0 saturated carbocycles. The zero-order valence-electron chi connectivity index (χ0n) is 29.1. The Morgan fingerprint density at radius 1 is 0.365 bits per heavy atom. The van der Waals surface area contributed by atoms with E-state index in [0.717, 1.165) is 27.5 Å². The third-order valence-corrected chi connectivity index (χ3v) is 11.6. The van der Waals surface area contributed by atoms with Gasteiger partial charge < -0.3 is 4.42 Å². The van der Waals surface area contributed by atoms with Crippen molar-refractivity contribution in [3.8, 4) is 44.5 Å². The van der Waals surface area contributed by atoms with E-state index in [1.807, 2.05) is 6.07 Å². The summed E-state index contributed by atoms with van der Waals surface area (Å²) in [5, 5.41) is 9.84. The van der Waals surface area contributed by atoms with E-state index in [1.165, 1.54) is 82.4 Å². The molecule has 0 bridgehead atoms. The molecule has 0 radical (unpaired) electrons. The molecule has 0 saturated heterocycles. The summed E-state index contributed by atoms with van der Waals surface area (Å²) in [5.74, 6) is 0. The molecule has 52 heavy (non-hydrogen) atoms. The molecule has 244 valence electrons. The van der Waals surface area contributed by atoms with Crippen molar-refractivity contribution in [2.75, 3.05) is 0 Å². The first-order valence-electron chi connectivity index (χ1n) is 18.2. The van der Waals surface area contributed by atoms with E-state index < -0.39 is 0 Å². The Labute approximate surface area is 302 Å². The summed E-state index contributed by atoms with van der Waals surface area (Å²) in [6.45, 7) is 4.81. The molecule has 9 aromatic carbocycles. The van der Waals surface area contributed by atoms with Gasteiger partial charge in [-0.05, 0) is 89.0 Å². The fourth-order valence-electron chi connectivity index (χ4n) is 9.50. The second-order valence-electron chi connectivity index (χ2n) is 14.8. The molecule has 11 rings (SSSR count). The summed E-state index contributed by atoms with van der Waals surface area (Å²) in [7, 11) is 0. The van der Waals surface area contributed by atoms with Crippen LogP contribution in [0.1, 0.15) is 25.0 Å². The van der Waals surface area contributed by atoms with Gasteiger partial charge in [-0.3, -0.25) is 0 Å². The van der Waals surface area contributed by atoms with Gasteiger partial charge in [-0.2, -0.15) is 0 Å². The van der Waals surface area contributed by atoms with E-state index in [0.29, 0.717) is 0 Å². The van der Waals surface area contributed by atoms with Gasteiger partial charge in [-0.15, -0.1) is 0 Å². The van der Waals surface area contributed by atoms with Crippen LogP contribution in [0.5, 0.6) is 0 Å². The molecular formula is C51H34O. The minimum atomic E-state index is -0.156. The Kier molecular flexibility index (Phi) is 6.08. The van der Waals surface area contributed by atoms with Crippen LogP contribution in [0.25, 0.3) is 98.8 Å². The lowest BCUT2D eigenvalue weighted by molar-refractivity contribution is 0.668. The molecule has 0 N–H and O–H groups in total. The van der Waals surface area contributed by atoms with Crippen LogP contribution in [0, 0.1) is 0 Å². The first-order valence-corrected chi connectivity index (χ1v) is 18.2. The maximum Gasteiger partial charge on any atom is 0.143 e. The molecule has 0 amide bonds. The van der Waals surface area contributed by atoms with Gasteiger partial charge in [0, 0.05) is 27.3 Å². The van der Waals surface area contributed by atoms with Crippen molar-refractivity contribution >= 4 is 54.3 Å². The molecule has 0 atom stereocenters. The average molecular weight is 663 g/mol. The van der Waals surface area contributed by atoms with Crippen molar-refractivity contribution in [2.24, 2.45) is 0 Å². The largest absolute Gasteiger partial charge is 0.455 e. The van der Waals surface area contributed by atoms with Crippen molar-refractivity contribution in [3.05, 3.63) is 181 Å². The standard InChI is InChI=1S/C51H34O/c1-51(2)48-34-17-4-3-14-31(34)28-29-42(48)41-24-12-23-35(49(41)51)32-15-11-16-33(30-32)46-37-19-5-7-21-39(37)47(40-22-8-6-20-38(40)46)44-26-13-25-43-36-18-9-10-27-45(36)52-50(43)44/h3-30H,1-2H3. The summed E-state index contributed by atoms with van der Waals surface area (Å²) in [6.07, 6.45) is 0. The van der Waals surface area contributed by atoms with Gasteiger partial charge >= 0.3 is 0 Å². The third kappa shape index (κ3) is 3.99. The van der Waals surface area contributed by atoms with Crippen molar-refractivity contribution < 1.29 is 4.42 Å². The van der Waals surface area contributed by atoms with Crippen LogP contribution in [-0.2, 0) is 5.41 Å². The molecule has 1 heteroatoms. The third-order valence-electron chi connectivity index (χ3n) is 11.6. The highest BCUT2D eigenvalue weighted by Crippen LogP contribution is 2.55. The number of furan rings is 1. The molecule has 1 aliphatic carbocycles. The van der Waals surface area contributed by atoms with E-state index >= 15 is 0 Å². The Bertz CT molecular complexity index is 3040. The van der Waals surface area contributed by atoms with Gasteiger partial charge in [-0.1, -0.05) is 172 Å². The SMILES string of the molecule is CC1(C)c2c(-c3cccc(-c4c5ccccc5c(-c5cccc6c5oc5ccccc56)c5ccccc45)c3)cccc2-c2ccc3ccccc3c21. The van der Waals surface area contributed by atoms with Crippen LogP contribution in [0.4, 0.5) is 0 Å². The van der Waals surface area contributed by atoms with Crippen molar-refractivity contribution in [1.29, 1.82) is 0 Å². The first-order chi connectivity index (χ1) is 25.6. The second-order valence-corrected chi connectivity index (χ2v) is 14.8. The maximum atomic E-state index is 6.62. The molecule has 10 aromatic rings. The van der Waals surface area contributed by atoms with E-state index in [9.17, 15) is 0 Å². The predicted molar refractivity (Wildman–Crippen MR) is 220 cm³/mol. The Morgan fingerprint density at radius 2 is 0.904 bits per heavy atom. The zero-order valence-corrected chi connectivity index (χ0v) is 29.1. The second kappa shape index (κ2) is 10.8. The number of rotatable bonds is 3. The van der Waals surface area contributed by atoms with Gasteiger partial charge in [0.15, 0.2) is 0 Å². The van der Waals surface area contributed by atoms with Crippen molar-refractivity contribution in [2.45, 2.75) is 19.3 Å². The quantitative estimate of drug-likeness (QED) is 0.172. The Balaban J connectivity index is 1.15. The molecule has 0 spiro atoms. The monoisotopic (exact) mass is 662 g/mol. The molecule has 0 fully saturated rings. The minimum absolute atomic E-state index is 0.156. The summed E-state index contributed by atoms with van der Waals surface area (Å²) in [5.41, 5.74) is 14.6. The zero-order chi connectivity index (χ0) is 34.6. The van der Waals surface area contributed by atoms with Gasteiger partial charge in [0.2, 0.25) is 0 Å². The van der Waals surface area contributed by atoms with Crippen LogP contribution in [-0.4, -0.2) is 0 Å². The fourth-order valence-corrected chi connectivity index (χ4v) is 9.50. The van der Waals surface area contributed by atoms with Gasteiger partial charge in [0.05, 0.1) is 0 Å². The molecule has 0 unspecified atom stereocenters. The smallest absolute Gasteiger partial charge is 0.143 e. The number of fused-ring (bicyclic) bond motifs is 10. The number of hydrogen-bond acceptors (Lipinski definition) is 1. The highest BCUT2D eigenvalue weighted by molar-refractivity contribution is 6.24. The average Bonchev–Trinajstić information content (AvgIpc) is 3.69. The minimum Gasteiger partial charge on any atom is -0.455 e. The van der Waals surface area contributed by atoms with E-state index in [4.69, 9.17) is 4.42 Å². The van der Waals surface area contributed by atoms with Crippen LogP contribution >= 0.6 is 0 Å².